The van der Waals surface area contributed by atoms with Gasteiger partial charge in [0.05, 0.1) is 26.6 Å². The molecule has 0 amide bonds. The highest BCUT2D eigenvalue weighted by molar-refractivity contribution is 7.91. The summed E-state index contributed by atoms with van der Waals surface area (Å²) in [5.41, 5.74) is 0.820. The molecule has 0 spiro atoms. The SMILES string of the molecule is CC(NC1CCS(=O)(=O)C1)c1ccc(Cl)c(Cl)c1Cl. The third-order valence-corrected chi connectivity index (χ3v) is 6.33. The highest BCUT2D eigenvalue weighted by atomic mass is 35.5. The third-order valence-electron chi connectivity index (χ3n) is 3.25. The fourth-order valence-corrected chi connectivity index (χ4v) is 4.64. The summed E-state index contributed by atoms with van der Waals surface area (Å²) in [6.07, 6.45) is 0.631. The van der Waals surface area contributed by atoms with E-state index in [-0.39, 0.29) is 23.6 Å². The summed E-state index contributed by atoms with van der Waals surface area (Å²) in [7, 11) is -2.89. The second-order valence-electron chi connectivity index (χ2n) is 4.75. The predicted octanol–water partition coefficient (Wildman–Crippen LogP) is 3.48. The first-order valence-corrected chi connectivity index (χ1v) is 8.85. The Morgan fingerprint density at radius 1 is 1.26 bits per heavy atom. The molecule has 1 aromatic rings. The van der Waals surface area contributed by atoms with Gasteiger partial charge in [-0.25, -0.2) is 8.42 Å². The van der Waals surface area contributed by atoms with Crippen LogP contribution < -0.4 is 5.32 Å². The van der Waals surface area contributed by atoms with Crippen LogP contribution in [0, 0.1) is 0 Å². The molecule has 1 fully saturated rings. The highest BCUT2D eigenvalue weighted by Gasteiger charge is 2.29. The smallest absolute Gasteiger partial charge is 0.151 e. The van der Waals surface area contributed by atoms with E-state index in [4.69, 9.17) is 34.8 Å². The van der Waals surface area contributed by atoms with Crippen LogP contribution in [0.15, 0.2) is 12.1 Å². The molecule has 2 unspecified atom stereocenters. The number of nitrogens with one attached hydrogen (secondary N) is 1. The van der Waals surface area contributed by atoms with E-state index in [1.54, 1.807) is 12.1 Å². The molecule has 1 aliphatic heterocycles. The van der Waals surface area contributed by atoms with Gasteiger partial charge in [-0.05, 0) is 25.0 Å². The van der Waals surface area contributed by atoms with Crippen molar-refractivity contribution in [3.05, 3.63) is 32.8 Å². The molecule has 0 aromatic heterocycles. The second kappa shape index (κ2) is 5.78. The zero-order valence-corrected chi connectivity index (χ0v) is 13.4. The number of rotatable bonds is 3. The van der Waals surface area contributed by atoms with E-state index in [0.717, 1.165) is 5.56 Å². The molecule has 3 nitrogen and oxygen atoms in total. The molecule has 1 aromatic carbocycles. The average molecular weight is 343 g/mol. The quantitative estimate of drug-likeness (QED) is 0.855. The van der Waals surface area contributed by atoms with Gasteiger partial charge in [0.1, 0.15) is 0 Å². The first-order valence-electron chi connectivity index (χ1n) is 5.90. The van der Waals surface area contributed by atoms with Crippen LogP contribution in [0.3, 0.4) is 0 Å². The molecule has 0 aliphatic carbocycles. The van der Waals surface area contributed by atoms with Crippen LogP contribution in [0.1, 0.15) is 24.9 Å². The van der Waals surface area contributed by atoms with E-state index in [0.29, 0.717) is 21.5 Å². The van der Waals surface area contributed by atoms with Crippen molar-refractivity contribution in [2.75, 3.05) is 11.5 Å². The Kier molecular flexibility index (Phi) is 4.68. The molecule has 0 radical (unpaired) electrons. The van der Waals surface area contributed by atoms with Crippen molar-refractivity contribution in [2.45, 2.75) is 25.4 Å². The van der Waals surface area contributed by atoms with Crippen LogP contribution in [-0.2, 0) is 9.84 Å². The lowest BCUT2D eigenvalue weighted by molar-refractivity contribution is 0.485. The van der Waals surface area contributed by atoms with Gasteiger partial charge in [0.15, 0.2) is 9.84 Å². The number of hydrogen-bond acceptors (Lipinski definition) is 3. The Hall–Kier alpha value is -0.000000000000000167. The molecule has 19 heavy (non-hydrogen) atoms. The van der Waals surface area contributed by atoms with Gasteiger partial charge in [-0.3, -0.25) is 0 Å². The molecule has 1 aliphatic rings. The van der Waals surface area contributed by atoms with Crippen LogP contribution in [0.4, 0.5) is 0 Å². The van der Waals surface area contributed by atoms with E-state index in [2.05, 4.69) is 5.32 Å². The molecule has 7 heteroatoms. The number of sulfone groups is 1. The van der Waals surface area contributed by atoms with E-state index in [1.807, 2.05) is 6.92 Å². The Bertz CT molecular complexity index is 589. The summed E-state index contributed by atoms with van der Waals surface area (Å²) in [5, 5.41) is 4.42. The molecule has 1 N–H and O–H groups in total. The summed E-state index contributed by atoms with van der Waals surface area (Å²) in [5.74, 6) is 0.419. The van der Waals surface area contributed by atoms with Crippen molar-refractivity contribution >= 4 is 44.6 Å². The fourth-order valence-electron chi connectivity index (χ4n) is 2.25. The molecule has 0 bridgehead atoms. The third kappa shape index (κ3) is 3.56. The van der Waals surface area contributed by atoms with Crippen molar-refractivity contribution in [1.82, 2.24) is 5.32 Å². The maximum Gasteiger partial charge on any atom is 0.151 e. The summed E-state index contributed by atoms with van der Waals surface area (Å²) in [6.45, 7) is 1.93. The maximum absolute atomic E-state index is 11.4. The lowest BCUT2D eigenvalue weighted by Gasteiger charge is -2.20. The minimum absolute atomic E-state index is 0.0366. The van der Waals surface area contributed by atoms with Gasteiger partial charge < -0.3 is 5.32 Å². The fraction of sp³-hybridized carbons (Fsp3) is 0.500. The van der Waals surface area contributed by atoms with Crippen molar-refractivity contribution in [3.63, 3.8) is 0 Å². The summed E-state index contributed by atoms with van der Waals surface area (Å²) < 4.78 is 22.8. The van der Waals surface area contributed by atoms with Crippen LogP contribution >= 0.6 is 34.8 Å². The van der Waals surface area contributed by atoms with Crippen LogP contribution in [0.5, 0.6) is 0 Å². The zero-order valence-electron chi connectivity index (χ0n) is 10.3. The topological polar surface area (TPSA) is 46.2 Å². The van der Waals surface area contributed by atoms with Crippen LogP contribution in [-0.4, -0.2) is 26.0 Å². The van der Waals surface area contributed by atoms with Gasteiger partial charge in [-0.2, -0.15) is 0 Å². The van der Waals surface area contributed by atoms with E-state index < -0.39 is 9.84 Å². The molecule has 106 valence electrons. The molecule has 2 atom stereocenters. The van der Waals surface area contributed by atoms with Crippen molar-refractivity contribution in [1.29, 1.82) is 0 Å². The number of hydrogen-bond donors (Lipinski definition) is 1. The van der Waals surface area contributed by atoms with Gasteiger partial charge in [-0.1, -0.05) is 40.9 Å². The first kappa shape index (κ1) is 15.4. The molecule has 2 rings (SSSR count). The van der Waals surface area contributed by atoms with E-state index in [9.17, 15) is 8.42 Å². The Balaban J connectivity index is 2.13. The highest BCUT2D eigenvalue weighted by Crippen LogP contribution is 2.35. The minimum Gasteiger partial charge on any atom is -0.306 e. The molecular weight excluding hydrogens is 329 g/mol. The number of halogens is 3. The Morgan fingerprint density at radius 3 is 2.53 bits per heavy atom. The second-order valence-corrected chi connectivity index (χ2v) is 8.14. The predicted molar refractivity (Wildman–Crippen MR) is 80.1 cm³/mol. The maximum atomic E-state index is 11.4. The Morgan fingerprint density at radius 2 is 1.95 bits per heavy atom. The number of benzene rings is 1. The van der Waals surface area contributed by atoms with Crippen LogP contribution in [0.25, 0.3) is 0 Å². The van der Waals surface area contributed by atoms with E-state index >= 15 is 0 Å². The van der Waals surface area contributed by atoms with Gasteiger partial charge in [0.2, 0.25) is 0 Å². The Labute approximate surface area is 128 Å². The van der Waals surface area contributed by atoms with E-state index in [1.165, 1.54) is 0 Å². The average Bonchev–Trinajstić information content (AvgIpc) is 2.65. The zero-order chi connectivity index (χ0) is 14.2. The van der Waals surface area contributed by atoms with Crippen LogP contribution in [0.2, 0.25) is 15.1 Å². The normalized spacial score (nSPS) is 23.5. The van der Waals surface area contributed by atoms with Gasteiger partial charge >= 0.3 is 0 Å². The van der Waals surface area contributed by atoms with Crippen molar-refractivity contribution < 1.29 is 8.42 Å². The monoisotopic (exact) mass is 341 g/mol. The summed E-state index contributed by atoms with van der Waals surface area (Å²) >= 11 is 18.0. The lowest BCUT2D eigenvalue weighted by Crippen LogP contribution is -2.32. The van der Waals surface area contributed by atoms with Crippen molar-refractivity contribution in [3.8, 4) is 0 Å². The van der Waals surface area contributed by atoms with Crippen molar-refractivity contribution in [2.24, 2.45) is 0 Å². The summed E-state index contributed by atoms with van der Waals surface area (Å²) in [4.78, 5) is 0. The van der Waals surface area contributed by atoms with Gasteiger partial charge in [0.25, 0.3) is 0 Å². The molecule has 0 saturated carbocycles. The van der Waals surface area contributed by atoms with Gasteiger partial charge in [-0.15, -0.1) is 0 Å². The van der Waals surface area contributed by atoms with Gasteiger partial charge in [0, 0.05) is 12.1 Å². The molecular formula is C12H14Cl3NO2S. The largest absolute Gasteiger partial charge is 0.306 e. The summed E-state index contributed by atoms with van der Waals surface area (Å²) in [6, 6.07) is 3.37. The first-order chi connectivity index (χ1) is 8.80. The molecule has 1 heterocycles. The lowest BCUT2D eigenvalue weighted by atomic mass is 10.1. The molecule has 1 saturated heterocycles. The standard InChI is InChI=1S/C12H14Cl3NO2S/c1-7(16-8-4-5-19(17,18)6-8)9-2-3-10(13)12(15)11(9)14/h2-3,7-8,16H,4-6H2,1H3. The minimum atomic E-state index is -2.89.